The molecule has 1 fully saturated rings. The van der Waals surface area contributed by atoms with E-state index in [1.54, 1.807) is 0 Å². The number of β-amino-alcohol motifs (C(OH)–C–C–N with tert-alkyl or cyclic N) is 1. The van der Waals surface area contributed by atoms with Crippen LogP contribution >= 0.6 is 23.1 Å². The van der Waals surface area contributed by atoms with Crippen molar-refractivity contribution >= 4 is 28.1 Å². The number of nitriles is 1. The van der Waals surface area contributed by atoms with Gasteiger partial charge in [0.05, 0.1) is 6.10 Å². The van der Waals surface area contributed by atoms with Gasteiger partial charge < -0.3 is 10.0 Å². The highest BCUT2D eigenvalue weighted by atomic mass is 35.5. The van der Waals surface area contributed by atoms with Crippen molar-refractivity contribution in [2.24, 2.45) is 0 Å². The predicted octanol–water partition coefficient (Wildman–Crippen LogP) is 1.24. The quantitative estimate of drug-likeness (QED) is 0.787. The third kappa shape index (κ3) is 1.57. The summed E-state index contributed by atoms with van der Waals surface area (Å²) < 4.78 is 3.92. The van der Waals surface area contributed by atoms with Crippen molar-refractivity contribution in [1.82, 2.24) is 4.37 Å². The topological polar surface area (TPSA) is 60.2 Å². The van der Waals surface area contributed by atoms with Crippen molar-refractivity contribution in [1.29, 1.82) is 5.26 Å². The highest BCUT2D eigenvalue weighted by molar-refractivity contribution is 7.10. The van der Waals surface area contributed by atoms with E-state index in [0.29, 0.717) is 12.1 Å². The Morgan fingerprint density at radius 1 is 1.71 bits per heavy atom. The third-order valence-corrected chi connectivity index (χ3v) is 3.48. The molecule has 1 aromatic rings. The van der Waals surface area contributed by atoms with Crippen molar-refractivity contribution in [3.8, 4) is 6.07 Å². The lowest BCUT2D eigenvalue weighted by atomic mass is 10.3. The first-order valence-corrected chi connectivity index (χ1v) is 5.36. The molecule has 0 saturated carbocycles. The molecule has 6 heteroatoms. The zero-order chi connectivity index (χ0) is 10.1. The number of aromatic nitrogens is 1. The molecule has 14 heavy (non-hydrogen) atoms. The summed E-state index contributed by atoms with van der Waals surface area (Å²) in [5, 5.41) is 19.2. The molecule has 0 spiro atoms. The lowest BCUT2D eigenvalue weighted by Crippen LogP contribution is -2.20. The van der Waals surface area contributed by atoms with Crippen LogP contribution in [0.2, 0.25) is 5.15 Å². The fourth-order valence-electron chi connectivity index (χ4n) is 1.50. The number of hydrogen-bond donors (Lipinski definition) is 1. The minimum atomic E-state index is -0.303. The normalized spacial score (nSPS) is 21.2. The maximum absolute atomic E-state index is 9.36. The Bertz CT molecular complexity index is 386. The number of aliphatic hydroxyl groups excluding tert-OH is 1. The molecule has 1 aliphatic heterocycles. The van der Waals surface area contributed by atoms with Gasteiger partial charge in [-0.1, -0.05) is 11.6 Å². The molecule has 0 aliphatic carbocycles. The predicted molar refractivity (Wildman–Crippen MR) is 54.7 cm³/mol. The van der Waals surface area contributed by atoms with Gasteiger partial charge in [-0.15, -0.1) is 0 Å². The molecule has 0 radical (unpaired) electrons. The van der Waals surface area contributed by atoms with E-state index in [9.17, 15) is 5.11 Å². The molecule has 0 bridgehead atoms. The van der Waals surface area contributed by atoms with Crippen LogP contribution in [0.15, 0.2) is 0 Å². The Morgan fingerprint density at radius 3 is 3.07 bits per heavy atom. The monoisotopic (exact) mass is 229 g/mol. The van der Waals surface area contributed by atoms with Crippen LogP contribution in [-0.2, 0) is 0 Å². The van der Waals surface area contributed by atoms with Crippen molar-refractivity contribution in [2.45, 2.75) is 12.5 Å². The Balaban J connectivity index is 2.29. The zero-order valence-electron chi connectivity index (χ0n) is 7.27. The standard InChI is InChI=1S/C8H8ClN3OS/c9-7-6(3-10)8(14-11-7)12-2-1-5(13)4-12/h5,13H,1-2,4H2/t5-/m0/s1. The molecule has 1 saturated heterocycles. The van der Waals surface area contributed by atoms with E-state index in [2.05, 4.69) is 4.37 Å². The second-order valence-corrected chi connectivity index (χ2v) is 4.26. The Labute approximate surface area is 90.5 Å². The van der Waals surface area contributed by atoms with Gasteiger partial charge >= 0.3 is 0 Å². The molecule has 74 valence electrons. The van der Waals surface area contributed by atoms with E-state index in [0.717, 1.165) is 18.0 Å². The second-order valence-electron chi connectivity index (χ2n) is 3.15. The van der Waals surface area contributed by atoms with Crippen molar-refractivity contribution < 1.29 is 5.11 Å². The van der Waals surface area contributed by atoms with E-state index in [1.165, 1.54) is 11.5 Å². The van der Waals surface area contributed by atoms with Crippen LogP contribution in [0.4, 0.5) is 5.00 Å². The van der Waals surface area contributed by atoms with E-state index in [1.807, 2.05) is 11.0 Å². The Kier molecular flexibility index (Phi) is 2.59. The molecule has 1 atom stereocenters. The molecule has 1 N–H and O–H groups in total. The molecule has 2 rings (SSSR count). The summed E-state index contributed by atoms with van der Waals surface area (Å²) in [6, 6.07) is 2.03. The maximum atomic E-state index is 9.36. The van der Waals surface area contributed by atoms with Crippen molar-refractivity contribution in [3.63, 3.8) is 0 Å². The zero-order valence-corrected chi connectivity index (χ0v) is 8.85. The summed E-state index contributed by atoms with van der Waals surface area (Å²) in [7, 11) is 0. The smallest absolute Gasteiger partial charge is 0.162 e. The lowest BCUT2D eigenvalue weighted by Gasteiger charge is -2.14. The molecule has 1 aromatic heterocycles. The van der Waals surface area contributed by atoms with Crippen molar-refractivity contribution in [3.05, 3.63) is 10.7 Å². The van der Waals surface area contributed by atoms with Crippen LogP contribution in [0, 0.1) is 11.3 Å². The molecule has 2 heterocycles. The number of aliphatic hydroxyl groups is 1. The number of hydrogen-bond acceptors (Lipinski definition) is 5. The first-order chi connectivity index (χ1) is 6.72. The fourth-order valence-corrected chi connectivity index (χ4v) is 2.56. The average Bonchev–Trinajstić information content (AvgIpc) is 2.71. The van der Waals surface area contributed by atoms with E-state index >= 15 is 0 Å². The summed E-state index contributed by atoms with van der Waals surface area (Å²) in [4.78, 5) is 1.95. The van der Waals surface area contributed by atoms with Gasteiger partial charge in [0.25, 0.3) is 0 Å². The Hall–Kier alpha value is -0.830. The molecular formula is C8H8ClN3OS. The van der Waals surface area contributed by atoms with Gasteiger partial charge in [-0.2, -0.15) is 9.64 Å². The molecule has 1 aliphatic rings. The van der Waals surface area contributed by atoms with Gasteiger partial charge in [-0.3, -0.25) is 0 Å². The van der Waals surface area contributed by atoms with E-state index < -0.39 is 0 Å². The first kappa shape index (κ1) is 9.71. The van der Waals surface area contributed by atoms with E-state index in [-0.39, 0.29) is 11.3 Å². The van der Waals surface area contributed by atoms with Crippen LogP contribution in [0.25, 0.3) is 0 Å². The van der Waals surface area contributed by atoms with Crippen LogP contribution in [0.5, 0.6) is 0 Å². The van der Waals surface area contributed by atoms with Gasteiger partial charge in [0.1, 0.15) is 16.6 Å². The minimum Gasteiger partial charge on any atom is -0.391 e. The molecular weight excluding hydrogens is 222 g/mol. The maximum Gasteiger partial charge on any atom is 0.162 e. The van der Waals surface area contributed by atoms with Crippen LogP contribution in [0.1, 0.15) is 12.0 Å². The average molecular weight is 230 g/mol. The van der Waals surface area contributed by atoms with Crippen LogP contribution in [-0.4, -0.2) is 28.7 Å². The first-order valence-electron chi connectivity index (χ1n) is 4.20. The number of nitrogens with zero attached hydrogens (tertiary/aromatic N) is 3. The molecule has 0 unspecified atom stereocenters. The number of rotatable bonds is 1. The summed E-state index contributed by atoms with van der Waals surface area (Å²) in [6.07, 6.45) is 0.433. The minimum absolute atomic E-state index is 0.258. The van der Waals surface area contributed by atoms with Gasteiger partial charge in [-0.05, 0) is 18.0 Å². The third-order valence-electron chi connectivity index (χ3n) is 2.19. The lowest BCUT2D eigenvalue weighted by molar-refractivity contribution is 0.198. The SMILES string of the molecule is N#Cc1c(Cl)nsc1N1CC[C@H](O)C1. The number of anilines is 1. The molecule has 0 amide bonds. The van der Waals surface area contributed by atoms with Gasteiger partial charge in [0, 0.05) is 13.1 Å². The van der Waals surface area contributed by atoms with Crippen LogP contribution < -0.4 is 4.90 Å². The van der Waals surface area contributed by atoms with E-state index in [4.69, 9.17) is 16.9 Å². The highest BCUT2D eigenvalue weighted by Gasteiger charge is 2.25. The molecule has 4 nitrogen and oxygen atoms in total. The fraction of sp³-hybridized carbons (Fsp3) is 0.500. The van der Waals surface area contributed by atoms with Gasteiger partial charge in [0.15, 0.2) is 5.15 Å². The summed E-state index contributed by atoms with van der Waals surface area (Å²) in [5.41, 5.74) is 0.422. The largest absolute Gasteiger partial charge is 0.391 e. The van der Waals surface area contributed by atoms with Crippen molar-refractivity contribution in [2.75, 3.05) is 18.0 Å². The summed E-state index contributed by atoms with van der Waals surface area (Å²) in [5.74, 6) is 0. The summed E-state index contributed by atoms with van der Waals surface area (Å²) in [6.45, 7) is 1.32. The van der Waals surface area contributed by atoms with Crippen LogP contribution in [0.3, 0.4) is 0 Å². The van der Waals surface area contributed by atoms with Gasteiger partial charge in [0.2, 0.25) is 0 Å². The Morgan fingerprint density at radius 2 is 2.50 bits per heavy atom. The summed E-state index contributed by atoms with van der Waals surface area (Å²) >= 11 is 6.96. The van der Waals surface area contributed by atoms with Gasteiger partial charge in [-0.25, -0.2) is 0 Å². The second kappa shape index (κ2) is 3.73. The molecule has 0 aromatic carbocycles. The highest BCUT2D eigenvalue weighted by Crippen LogP contribution is 2.33. The number of halogens is 1.